The number of amides is 1. The number of halogens is 3. The van der Waals surface area contributed by atoms with Crippen LogP contribution in [0.4, 0.5) is 13.2 Å². The van der Waals surface area contributed by atoms with Gasteiger partial charge in [-0.25, -0.2) is 0 Å². The summed E-state index contributed by atoms with van der Waals surface area (Å²) >= 11 is 0. The van der Waals surface area contributed by atoms with E-state index in [1.807, 2.05) is 0 Å². The largest absolute Gasteiger partial charge is 0.481 e. The fourth-order valence-corrected chi connectivity index (χ4v) is 2.42. The molecule has 0 aromatic heterocycles. The van der Waals surface area contributed by atoms with Gasteiger partial charge in [0.25, 0.3) is 0 Å². The number of carboxylic acids is 1. The Balaban J connectivity index is 2.26. The highest BCUT2D eigenvalue weighted by Crippen LogP contribution is 2.42. The highest BCUT2D eigenvalue weighted by atomic mass is 19.4. The number of carboxylic acid groups (broad SMARTS) is 1. The van der Waals surface area contributed by atoms with Gasteiger partial charge in [-0.1, -0.05) is 0 Å². The van der Waals surface area contributed by atoms with Gasteiger partial charge in [0.05, 0.1) is 19.1 Å². The first kappa shape index (κ1) is 12.2. The van der Waals surface area contributed by atoms with Gasteiger partial charge in [-0.2, -0.15) is 13.2 Å². The molecule has 0 bridgehead atoms. The van der Waals surface area contributed by atoms with E-state index in [-0.39, 0.29) is 26.2 Å². The summed E-state index contributed by atoms with van der Waals surface area (Å²) in [5.41, 5.74) is -1.31. The number of likely N-dealkylation sites (tertiary alicyclic amines) is 1. The van der Waals surface area contributed by atoms with E-state index in [1.54, 1.807) is 0 Å². The molecule has 8 heteroatoms. The number of aliphatic carboxylic acids is 1. The molecule has 5 nitrogen and oxygen atoms in total. The molecule has 0 aromatic carbocycles. The van der Waals surface area contributed by atoms with Crippen molar-refractivity contribution < 1.29 is 32.6 Å². The minimum absolute atomic E-state index is 0.0283. The van der Waals surface area contributed by atoms with Gasteiger partial charge in [0.15, 0.2) is 0 Å². The van der Waals surface area contributed by atoms with Crippen LogP contribution in [-0.2, 0) is 14.3 Å². The second kappa shape index (κ2) is 3.59. The molecule has 2 rings (SSSR count). The predicted molar refractivity (Wildman–Crippen MR) is 47.1 cm³/mol. The Hall–Kier alpha value is -1.31. The molecule has 96 valence electrons. The highest BCUT2D eigenvalue weighted by Gasteiger charge is 2.62. The molecule has 1 spiro atoms. The van der Waals surface area contributed by atoms with E-state index < -0.39 is 29.5 Å². The summed E-state index contributed by atoms with van der Waals surface area (Å²) in [5.74, 6) is -4.15. The van der Waals surface area contributed by atoms with E-state index in [4.69, 9.17) is 9.84 Å². The van der Waals surface area contributed by atoms with Crippen molar-refractivity contribution in [1.29, 1.82) is 0 Å². The third kappa shape index (κ3) is 1.67. The zero-order valence-corrected chi connectivity index (χ0v) is 8.66. The average molecular weight is 253 g/mol. The van der Waals surface area contributed by atoms with Crippen molar-refractivity contribution in [3.63, 3.8) is 0 Å². The summed E-state index contributed by atoms with van der Waals surface area (Å²) in [5, 5.41) is 8.94. The van der Waals surface area contributed by atoms with Gasteiger partial charge in [0, 0.05) is 6.54 Å². The van der Waals surface area contributed by atoms with E-state index in [0.29, 0.717) is 4.90 Å². The number of alkyl halides is 3. The van der Waals surface area contributed by atoms with E-state index in [2.05, 4.69) is 0 Å². The first-order chi connectivity index (χ1) is 7.79. The van der Waals surface area contributed by atoms with Crippen LogP contribution < -0.4 is 0 Å². The Kier molecular flexibility index (Phi) is 2.57. The van der Waals surface area contributed by atoms with Gasteiger partial charge >= 0.3 is 18.1 Å². The molecule has 0 radical (unpaired) electrons. The molecule has 2 aliphatic rings. The third-order valence-electron chi connectivity index (χ3n) is 3.32. The second-order valence-corrected chi connectivity index (χ2v) is 4.23. The maximum absolute atomic E-state index is 12.4. The fraction of sp³-hybridized carbons (Fsp3) is 0.778. The molecule has 0 aromatic rings. The number of ether oxygens (including phenoxy) is 1. The normalized spacial score (nSPS) is 27.0. The molecule has 2 fully saturated rings. The minimum atomic E-state index is -4.98. The number of hydrogen-bond donors (Lipinski definition) is 1. The summed E-state index contributed by atoms with van der Waals surface area (Å²) in [7, 11) is 0. The standard InChI is InChI=1S/C9H10F3NO4/c10-9(11,12)7(16)13-2-1-5(6(14)15)8(13)3-17-4-8/h5H,1-4H2,(H,14,15). The van der Waals surface area contributed by atoms with Gasteiger partial charge in [-0.15, -0.1) is 0 Å². The molecule has 1 N–H and O–H groups in total. The first-order valence-electron chi connectivity index (χ1n) is 4.98. The van der Waals surface area contributed by atoms with Crippen LogP contribution in [0.2, 0.25) is 0 Å². The maximum atomic E-state index is 12.4. The highest BCUT2D eigenvalue weighted by molar-refractivity contribution is 5.85. The number of rotatable bonds is 1. The SMILES string of the molecule is O=C(O)C1CCN(C(=O)C(F)(F)F)C12COC2. The summed E-state index contributed by atoms with van der Waals surface area (Å²) in [6, 6.07) is 0. The van der Waals surface area contributed by atoms with Crippen LogP contribution in [0.15, 0.2) is 0 Å². The van der Waals surface area contributed by atoms with Crippen molar-refractivity contribution in [3.05, 3.63) is 0 Å². The van der Waals surface area contributed by atoms with E-state index >= 15 is 0 Å². The van der Waals surface area contributed by atoms with Gasteiger partial charge in [0.2, 0.25) is 0 Å². The average Bonchev–Trinajstić information content (AvgIpc) is 2.53. The van der Waals surface area contributed by atoms with Gasteiger partial charge in [-0.05, 0) is 6.42 Å². The zero-order valence-electron chi connectivity index (χ0n) is 8.66. The van der Waals surface area contributed by atoms with Crippen molar-refractivity contribution in [2.45, 2.75) is 18.1 Å². The van der Waals surface area contributed by atoms with Crippen LogP contribution in [0.1, 0.15) is 6.42 Å². The lowest BCUT2D eigenvalue weighted by Gasteiger charge is -2.47. The fourth-order valence-electron chi connectivity index (χ4n) is 2.42. The van der Waals surface area contributed by atoms with Crippen LogP contribution in [-0.4, -0.2) is 53.4 Å². The lowest BCUT2D eigenvalue weighted by molar-refractivity contribution is -0.209. The third-order valence-corrected chi connectivity index (χ3v) is 3.32. The van der Waals surface area contributed by atoms with Crippen LogP contribution >= 0.6 is 0 Å². The maximum Gasteiger partial charge on any atom is 0.471 e. The van der Waals surface area contributed by atoms with Gasteiger partial charge < -0.3 is 14.7 Å². The Morgan fingerprint density at radius 1 is 1.35 bits per heavy atom. The van der Waals surface area contributed by atoms with Crippen molar-refractivity contribution >= 4 is 11.9 Å². The Labute approximate surface area is 94.1 Å². The van der Waals surface area contributed by atoms with Gasteiger partial charge in [0.1, 0.15) is 5.54 Å². The molecule has 2 heterocycles. The monoisotopic (exact) mass is 253 g/mol. The molecule has 1 atom stereocenters. The van der Waals surface area contributed by atoms with Crippen molar-refractivity contribution in [3.8, 4) is 0 Å². The van der Waals surface area contributed by atoms with E-state index in [9.17, 15) is 22.8 Å². The lowest BCUT2D eigenvalue weighted by Crippen LogP contribution is -2.66. The zero-order chi connectivity index (χ0) is 12.8. The molecular weight excluding hydrogens is 243 g/mol. The quantitative estimate of drug-likeness (QED) is 0.727. The van der Waals surface area contributed by atoms with E-state index in [1.165, 1.54) is 0 Å². The molecule has 0 saturated carbocycles. The minimum Gasteiger partial charge on any atom is -0.481 e. The molecular formula is C9H10F3NO4. The second-order valence-electron chi connectivity index (χ2n) is 4.23. The molecule has 1 amide bonds. The molecule has 17 heavy (non-hydrogen) atoms. The molecule has 1 unspecified atom stereocenters. The summed E-state index contributed by atoms with van der Waals surface area (Å²) < 4.78 is 41.9. The summed E-state index contributed by atoms with van der Waals surface area (Å²) in [6.07, 6.45) is -4.95. The number of carbonyl (C=O) groups is 2. The first-order valence-corrected chi connectivity index (χ1v) is 4.98. The van der Waals surface area contributed by atoms with Crippen LogP contribution in [0.25, 0.3) is 0 Å². The summed E-state index contributed by atoms with van der Waals surface area (Å²) in [6.45, 7) is -0.490. The van der Waals surface area contributed by atoms with Crippen LogP contribution in [0.3, 0.4) is 0 Å². The van der Waals surface area contributed by atoms with Crippen LogP contribution in [0.5, 0.6) is 0 Å². The van der Waals surface area contributed by atoms with Crippen molar-refractivity contribution in [1.82, 2.24) is 4.90 Å². The molecule has 2 saturated heterocycles. The number of hydrogen-bond acceptors (Lipinski definition) is 3. The van der Waals surface area contributed by atoms with Crippen molar-refractivity contribution in [2.75, 3.05) is 19.8 Å². The Bertz CT molecular complexity index is 364. The Morgan fingerprint density at radius 3 is 2.29 bits per heavy atom. The smallest absolute Gasteiger partial charge is 0.471 e. The predicted octanol–water partition coefficient (Wildman–Crippen LogP) is 0.251. The van der Waals surface area contributed by atoms with Gasteiger partial charge in [-0.3, -0.25) is 9.59 Å². The van der Waals surface area contributed by atoms with Crippen LogP contribution in [0, 0.1) is 5.92 Å². The number of carbonyl (C=O) groups excluding carboxylic acids is 1. The molecule has 0 aliphatic carbocycles. The Morgan fingerprint density at radius 2 is 1.94 bits per heavy atom. The number of nitrogens with zero attached hydrogens (tertiary/aromatic N) is 1. The van der Waals surface area contributed by atoms with Crippen molar-refractivity contribution in [2.24, 2.45) is 5.92 Å². The molecule has 2 aliphatic heterocycles. The lowest BCUT2D eigenvalue weighted by atomic mass is 9.83. The van der Waals surface area contributed by atoms with E-state index in [0.717, 1.165) is 0 Å². The topological polar surface area (TPSA) is 66.8 Å². The summed E-state index contributed by atoms with van der Waals surface area (Å²) in [4.78, 5) is 22.8.